The highest BCUT2D eigenvalue weighted by molar-refractivity contribution is 5.44. The lowest BCUT2D eigenvalue weighted by Crippen LogP contribution is -2.39. The summed E-state index contributed by atoms with van der Waals surface area (Å²) in [5.41, 5.74) is 9.02. The number of aromatic nitrogens is 2. The number of nitrogens with two attached hydrogens (primary N) is 1. The number of nitrogen functional groups attached to an aromatic ring is 1. The molecule has 0 bridgehead atoms. The van der Waals surface area contributed by atoms with E-state index in [0.717, 1.165) is 55.3 Å². The number of hydrogen-bond acceptors (Lipinski definition) is 7. The molecule has 0 spiro atoms. The first-order chi connectivity index (χ1) is 22.4. The van der Waals surface area contributed by atoms with Gasteiger partial charge in [-0.2, -0.15) is 11.9 Å². The Labute approximate surface area is 273 Å². The number of aromatic hydroxyl groups is 1. The van der Waals surface area contributed by atoms with Crippen LogP contribution in [-0.4, -0.2) is 52.3 Å². The van der Waals surface area contributed by atoms with Crippen LogP contribution in [0.3, 0.4) is 0 Å². The fraction of sp³-hybridized carbons (Fsp3) is 0.500. The lowest BCUT2D eigenvalue weighted by molar-refractivity contribution is -0.0602. The number of nitrogens with zero attached hydrogens (tertiary/aromatic N) is 2. The summed E-state index contributed by atoms with van der Waals surface area (Å²) in [5, 5.41) is 31.9. The van der Waals surface area contributed by atoms with Crippen molar-refractivity contribution >= 4 is 5.82 Å². The first-order valence-corrected chi connectivity index (χ1v) is 16.8. The lowest BCUT2D eigenvalue weighted by atomic mass is 9.79. The summed E-state index contributed by atoms with van der Waals surface area (Å²) in [4.78, 5) is 8.59. The van der Waals surface area contributed by atoms with Gasteiger partial charge in [0, 0.05) is 29.9 Å². The van der Waals surface area contributed by atoms with E-state index in [2.05, 4.69) is 40.9 Å². The fourth-order valence-electron chi connectivity index (χ4n) is 6.91. The van der Waals surface area contributed by atoms with Crippen molar-refractivity contribution in [3.05, 3.63) is 83.8 Å². The second-order valence-corrected chi connectivity index (χ2v) is 12.6. The Kier molecular flexibility index (Phi) is 12.2. The van der Waals surface area contributed by atoms with Gasteiger partial charge in [-0.05, 0) is 79.8 Å². The lowest BCUT2D eigenvalue weighted by Gasteiger charge is -2.34. The van der Waals surface area contributed by atoms with E-state index in [9.17, 15) is 15.3 Å². The van der Waals surface area contributed by atoms with Crippen LogP contribution in [0.5, 0.6) is 11.5 Å². The number of rotatable bonds is 12. The molecule has 2 aromatic heterocycles. The van der Waals surface area contributed by atoms with Gasteiger partial charge in [0.05, 0.1) is 32.0 Å². The molecule has 5 rings (SSSR count). The number of aliphatic hydroxyl groups excluding tert-OH is 2. The summed E-state index contributed by atoms with van der Waals surface area (Å²) in [6, 6.07) is 13.3. The third-order valence-electron chi connectivity index (χ3n) is 9.48. The van der Waals surface area contributed by atoms with Gasteiger partial charge in [-0.1, -0.05) is 62.0 Å². The smallest absolute Gasteiger partial charge is 0.161 e. The van der Waals surface area contributed by atoms with Crippen molar-refractivity contribution in [3.8, 4) is 23.3 Å². The maximum absolute atomic E-state index is 11.7. The van der Waals surface area contributed by atoms with E-state index in [4.69, 9.17) is 15.2 Å². The molecular formula is C38H48N3O5-. The van der Waals surface area contributed by atoms with E-state index < -0.39 is 6.10 Å². The third kappa shape index (κ3) is 8.94. The second kappa shape index (κ2) is 16.7. The Morgan fingerprint density at radius 2 is 1.96 bits per heavy atom. The van der Waals surface area contributed by atoms with Crippen molar-refractivity contribution in [1.82, 2.24) is 9.97 Å². The molecule has 0 saturated heterocycles. The van der Waals surface area contributed by atoms with Crippen molar-refractivity contribution in [3.63, 3.8) is 0 Å². The monoisotopic (exact) mass is 626 g/mol. The maximum Gasteiger partial charge on any atom is 0.161 e. The van der Waals surface area contributed by atoms with E-state index in [1.54, 1.807) is 18.5 Å². The van der Waals surface area contributed by atoms with Crippen LogP contribution in [0.15, 0.2) is 67.0 Å². The van der Waals surface area contributed by atoms with Crippen molar-refractivity contribution < 1.29 is 24.8 Å². The zero-order valence-electron chi connectivity index (χ0n) is 26.8. The van der Waals surface area contributed by atoms with E-state index in [1.165, 1.54) is 0 Å². The molecule has 0 fully saturated rings. The van der Waals surface area contributed by atoms with Gasteiger partial charge in [0.25, 0.3) is 0 Å². The molecule has 1 aromatic carbocycles. The molecule has 5 N–H and O–H groups in total. The van der Waals surface area contributed by atoms with Crippen LogP contribution in [-0.2, 0) is 11.2 Å². The summed E-state index contributed by atoms with van der Waals surface area (Å²) < 4.78 is 12.3. The molecule has 0 radical (unpaired) electrons. The molecule has 8 nitrogen and oxygen atoms in total. The summed E-state index contributed by atoms with van der Waals surface area (Å²) in [5.74, 6) is 8.02. The van der Waals surface area contributed by atoms with E-state index in [-0.39, 0.29) is 48.7 Å². The van der Waals surface area contributed by atoms with Gasteiger partial charge in [-0.3, -0.25) is 0 Å². The van der Waals surface area contributed by atoms with E-state index in [0.29, 0.717) is 36.9 Å². The van der Waals surface area contributed by atoms with Crippen LogP contribution in [0.2, 0.25) is 0 Å². The molecule has 0 saturated carbocycles. The molecule has 0 aliphatic heterocycles. The Bertz CT molecular complexity index is 1460. The molecule has 46 heavy (non-hydrogen) atoms. The molecule has 2 aliphatic carbocycles. The number of benzene rings is 1. The number of allylic oxidation sites excluding steroid dienone is 2. The van der Waals surface area contributed by atoms with Crippen molar-refractivity contribution in [1.29, 1.82) is 0 Å². The van der Waals surface area contributed by atoms with Crippen LogP contribution in [0, 0.1) is 29.6 Å². The molecule has 0 amide bonds. The number of phenols is 1. The minimum absolute atomic E-state index is 0.0515. The number of pyridine rings is 1. The van der Waals surface area contributed by atoms with Gasteiger partial charge in [0.15, 0.2) is 11.5 Å². The predicted molar refractivity (Wildman–Crippen MR) is 179 cm³/mol. The normalized spacial score (nSPS) is 25.5. The van der Waals surface area contributed by atoms with Crippen molar-refractivity contribution in [2.75, 3.05) is 25.6 Å². The quantitative estimate of drug-likeness (QED) is 0.148. The Morgan fingerprint density at radius 1 is 1.09 bits per heavy atom. The number of phenolic OH excluding ortho intramolecular Hbond substituents is 1. The van der Waals surface area contributed by atoms with Gasteiger partial charge in [-0.25, -0.2) is 4.98 Å². The molecule has 2 aliphatic rings. The maximum atomic E-state index is 11.7. The van der Waals surface area contributed by atoms with Crippen molar-refractivity contribution in [2.24, 2.45) is 17.8 Å². The van der Waals surface area contributed by atoms with Crippen LogP contribution >= 0.6 is 0 Å². The van der Waals surface area contributed by atoms with Gasteiger partial charge >= 0.3 is 0 Å². The van der Waals surface area contributed by atoms with Gasteiger partial charge < -0.3 is 35.5 Å². The van der Waals surface area contributed by atoms with Gasteiger partial charge in [0.2, 0.25) is 0 Å². The minimum atomic E-state index is -0.654. The summed E-state index contributed by atoms with van der Waals surface area (Å²) >= 11 is 0. The van der Waals surface area contributed by atoms with Gasteiger partial charge in [0.1, 0.15) is 5.82 Å². The Hall–Kier alpha value is -3.77. The Morgan fingerprint density at radius 3 is 2.74 bits per heavy atom. The number of hydrogen-bond donors (Lipinski definition) is 4. The molecule has 3 aromatic rings. The zero-order valence-corrected chi connectivity index (χ0v) is 26.8. The minimum Gasteiger partial charge on any atom is -0.668 e. The fourth-order valence-corrected chi connectivity index (χ4v) is 6.91. The van der Waals surface area contributed by atoms with E-state index in [1.807, 2.05) is 36.4 Å². The number of aliphatic hydroxyl groups is 2. The second-order valence-electron chi connectivity index (χ2n) is 12.6. The summed E-state index contributed by atoms with van der Waals surface area (Å²) in [7, 11) is 0. The van der Waals surface area contributed by atoms with Crippen LogP contribution < -0.4 is 15.5 Å². The number of anilines is 1. The van der Waals surface area contributed by atoms with Crippen LogP contribution in [0.1, 0.15) is 80.5 Å². The topological polar surface area (TPSA) is 132 Å². The highest BCUT2D eigenvalue weighted by Gasteiger charge is 2.37. The van der Waals surface area contributed by atoms with Gasteiger partial charge in [-0.15, -0.1) is 0 Å². The van der Waals surface area contributed by atoms with E-state index >= 15 is 0 Å². The van der Waals surface area contributed by atoms with Crippen LogP contribution in [0.4, 0.5) is 5.82 Å². The summed E-state index contributed by atoms with van der Waals surface area (Å²) in [6.07, 6.45) is 13.9. The standard InChI is InChI=1S/C38H48N3O5/c1-2-26-6-3-4-8-35(46-21-19-42)38-27(10-9-26)11-12-28(23-34(38)44)29-13-14-33(43)36(24-29)45-20-16-31(22-32-7-5-17-40-32)30-15-18-41-37(39)25-30/h5,7,11-15,17-18,24-28,31,34-35,38,42-44H,2-4,6,8,16,19-23H2,1H3,(H2,39,41)/q-1/t26-,27+,28-,31+,34+,35-,38-/m0/s1. The predicted octanol–water partition coefficient (Wildman–Crippen LogP) is 5.74. The number of ether oxygens (including phenoxy) is 2. The average molecular weight is 627 g/mol. The molecule has 0 unspecified atom stereocenters. The summed E-state index contributed by atoms with van der Waals surface area (Å²) in [6.45, 7) is 2.76. The Balaban J connectivity index is 1.33. The first kappa shape index (κ1) is 33.6. The molecule has 8 heteroatoms. The van der Waals surface area contributed by atoms with Crippen molar-refractivity contribution in [2.45, 2.75) is 82.3 Å². The average Bonchev–Trinajstić information content (AvgIpc) is 3.52. The highest BCUT2D eigenvalue weighted by atomic mass is 16.5. The molecule has 2 heterocycles. The zero-order chi connectivity index (χ0) is 32.3. The SMILES string of the molecule is CC[C@@H]1C#C[C@@H]2C=C[C@H](c3ccc(O)c(OCC[C@H](Cc4ccc[n-]4)c4ccnc(N)c4)c3)C[C@@H](O)[C@H]2[C@@H](OCCO)CCCC1. The molecule has 246 valence electrons. The largest absolute Gasteiger partial charge is 0.668 e. The first-order valence-electron chi connectivity index (χ1n) is 16.8. The van der Waals surface area contributed by atoms with Crippen LogP contribution in [0.25, 0.3) is 0 Å². The highest BCUT2D eigenvalue weighted by Crippen LogP contribution is 2.39. The number of fused-ring (bicyclic) bond motifs is 1. The molecular weight excluding hydrogens is 578 g/mol. The molecule has 7 atom stereocenters. The third-order valence-corrected chi connectivity index (χ3v) is 9.48.